The van der Waals surface area contributed by atoms with Gasteiger partial charge in [0.25, 0.3) is 0 Å². The van der Waals surface area contributed by atoms with Crippen LogP contribution in [0, 0.1) is 0 Å². The third-order valence-electron chi connectivity index (χ3n) is 7.69. The Kier molecular flexibility index (Phi) is 7.58. The smallest absolute Gasteiger partial charge is 0.127 e. The van der Waals surface area contributed by atoms with Gasteiger partial charge in [0.05, 0.1) is 0 Å². The normalized spacial score (nSPS) is 17.8. The SMILES string of the molecule is CC(C)(C)c1cccc(P(c2ccccc2)c2c(N3CCCCC3)cccc2N2CCCCC2)c1O. The van der Waals surface area contributed by atoms with E-state index in [0.717, 1.165) is 37.0 Å². The van der Waals surface area contributed by atoms with E-state index in [1.54, 1.807) is 0 Å². The van der Waals surface area contributed by atoms with E-state index in [1.165, 1.54) is 60.5 Å². The number of hydrogen-bond donors (Lipinski definition) is 1. The monoisotopic (exact) mass is 500 g/mol. The third-order valence-corrected chi connectivity index (χ3v) is 10.3. The first-order valence-corrected chi connectivity index (χ1v) is 15.1. The highest BCUT2D eigenvalue weighted by atomic mass is 31.1. The van der Waals surface area contributed by atoms with Gasteiger partial charge in [-0.15, -0.1) is 0 Å². The molecule has 0 bridgehead atoms. The predicted molar refractivity (Wildman–Crippen MR) is 158 cm³/mol. The van der Waals surface area contributed by atoms with Crippen LogP contribution in [0.1, 0.15) is 64.9 Å². The van der Waals surface area contributed by atoms with Crippen LogP contribution in [-0.2, 0) is 5.41 Å². The lowest BCUT2D eigenvalue weighted by Crippen LogP contribution is -2.39. The van der Waals surface area contributed by atoms with Gasteiger partial charge in [-0.3, -0.25) is 0 Å². The Balaban J connectivity index is 1.77. The van der Waals surface area contributed by atoms with E-state index < -0.39 is 7.92 Å². The number of nitrogens with zero attached hydrogens (tertiary/aromatic N) is 2. The first-order chi connectivity index (χ1) is 17.4. The Morgan fingerprint density at radius 1 is 0.639 bits per heavy atom. The van der Waals surface area contributed by atoms with Crippen LogP contribution >= 0.6 is 7.92 Å². The molecule has 2 heterocycles. The van der Waals surface area contributed by atoms with E-state index in [4.69, 9.17) is 0 Å². The Morgan fingerprint density at radius 2 is 1.17 bits per heavy atom. The number of para-hydroxylation sites is 1. The molecule has 0 radical (unpaired) electrons. The highest BCUT2D eigenvalue weighted by Crippen LogP contribution is 2.45. The van der Waals surface area contributed by atoms with Crippen molar-refractivity contribution in [2.24, 2.45) is 0 Å². The second-order valence-electron chi connectivity index (χ2n) is 11.3. The number of anilines is 2. The number of rotatable bonds is 5. The largest absolute Gasteiger partial charge is 0.507 e. The predicted octanol–water partition coefficient (Wildman–Crippen LogP) is 6.43. The maximum Gasteiger partial charge on any atom is 0.127 e. The first-order valence-electron chi connectivity index (χ1n) is 13.8. The third kappa shape index (κ3) is 5.14. The Hall–Kier alpha value is -2.51. The van der Waals surface area contributed by atoms with Crippen LogP contribution in [0.2, 0.25) is 0 Å². The van der Waals surface area contributed by atoms with Crippen molar-refractivity contribution in [2.75, 3.05) is 36.0 Å². The number of hydrogen-bond acceptors (Lipinski definition) is 3. The maximum absolute atomic E-state index is 11.8. The first kappa shape index (κ1) is 25.2. The van der Waals surface area contributed by atoms with Gasteiger partial charge in [0, 0.05) is 48.2 Å². The minimum atomic E-state index is -0.955. The minimum absolute atomic E-state index is 0.125. The molecule has 1 unspecified atom stereocenters. The second kappa shape index (κ2) is 10.9. The van der Waals surface area contributed by atoms with Gasteiger partial charge >= 0.3 is 0 Å². The zero-order valence-electron chi connectivity index (χ0n) is 22.2. The van der Waals surface area contributed by atoms with Gasteiger partial charge in [-0.05, 0) is 74.9 Å². The summed E-state index contributed by atoms with van der Waals surface area (Å²) in [6.07, 6.45) is 7.64. The van der Waals surface area contributed by atoms with Crippen LogP contribution in [0.15, 0.2) is 66.7 Å². The molecule has 3 aromatic rings. The molecule has 190 valence electrons. The summed E-state index contributed by atoms with van der Waals surface area (Å²) < 4.78 is 0. The van der Waals surface area contributed by atoms with Gasteiger partial charge in [0.1, 0.15) is 5.75 Å². The molecule has 0 saturated carbocycles. The van der Waals surface area contributed by atoms with Crippen LogP contribution in [0.4, 0.5) is 11.4 Å². The summed E-state index contributed by atoms with van der Waals surface area (Å²) >= 11 is 0. The van der Waals surface area contributed by atoms with Crippen molar-refractivity contribution >= 4 is 35.2 Å². The Labute approximate surface area is 218 Å². The fourth-order valence-corrected chi connectivity index (χ4v) is 8.52. The molecule has 2 saturated heterocycles. The van der Waals surface area contributed by atoms with Crippen LogP contribution in [0.5, 0.6) is 5.75 Å². The van der Waals surface area contributed by atoms with E-state index in [-0.39, 0.29) is 5.41 Å². The maximum atomic E-state index is 11.8. The second-order valence-corrected chi connectivity index (χ2v) is 13.5. The lowest BCUT2D eigenvalue weighted by Gasteiger charge is -2.38. The zero-order valence-corrected chi connectivity index (χ0v) is 23.1. The van der Waals surface area contributed by atoms with Crippen LogP contribution in [-0.4, -0.2) is 31.3 Å². The molecule has 0 amide bonds. The van der Waals surface area contributed by atoms with Gasteiger partial charge < -0.3 is 14.9 Å². The highest BCUT2D eigenvalue weighted by molar-refractivity contribution is 7.80. The van der Waals surface area contributed by atoms with E-state index in [9.17, 15) is 5.11 Å². The molecule has 2 aliphatic heterocycles. The Bertz CT molecular complexity index is 1120. The average molecular weight is 501 g/mol. The quantitative estimate of drug-likeness (QED) is 0.409. The van der Waals surface area contributed by atoms with Crippen molar-refractivity contribution < 1.29 is 5.11 Å². The molecule has 0 aliphatic carbocycles. The molecule has 0 aromatic heterocycles. The van der Waals surface area contributed by atoms with Crippen molar-refractivity contribution in [1.29, 1.82) is 0 Å². The zero-order chi connectivity index (χ0) is 25.1. The number of piperidine rings is 2. The van der Waals surface area contributed by atoms with Crippen LogP contribution in [0.25, 0.3) is 0 Å². The highest BCUT2D eigenvalue weighted by Gasteiger charge is 2.31. The molecule has 1 atom stereocenters. The van der Waals surface area contributed by atoms with E-state index in [0.29, 0.717) is 5.75 Å². The average Bonchev–Trinajstić information content (AvgIpc) is 2.91. The molecule has 5 rings (SSSR count). The van der Waals surface area contributed by atoms with Crippen molar-refractivity contribution in [1.82, 2.24) is 0 Å². The molecule has 4 heteroatoms. The summed E-state index contributed by atoms with van der Waals surface area (Å²) in [5.41, 5.74) is 3.64. The number of phenolic OH excluding ortho intramolecular Hbond substituents is 1. The van der Waals surface area contributed by atoms with Crippen molar-refractivity contribution in [2.45, 2.75) is 64.7 Å². The minimum Gasteiger partial charge on any atom is -0.507 e. The van der Waals surface area contributed by atoms with E-state index in [1.807, 2.05) is 0 Å². The van der Waals surface area contributed by atoms with E-state index in [2.05, 4.69) is 97.3 Å². The van der Waals surface area contributed by atoms with Gasteiger partial charge in [-0.25, -0.2) is 0 Å². The van der Waals surface area contributed by atoms with Gasteiger partial charge in [-0.1, -0.05) is 75.4 Å². The molecule has 0 spiro atoms. The van der Waals surface area contributed by atoms with Crippen LogP contribution in [0.3, 0.4) is 0 Å². The Morgan fingerprint density at radius 3 is 1.69 bits per heavy atom. The summed E-state index contributed by atoms with van der Waals surface area (Å²) in [7, 11) is -0.955. The summed E-state index contributed by atoms with van der Waals surface area (Å²) in [6, 6.07) is 24.3. The topological polar surface area (TPSA) is 26.7 Å². The fraction of sp³-hybridized carbons (Fsp3) is 0.438. The molecular formula is C32H41N2OP. The van der Waals surface area contributed by atoms with Crippen molar-refractivity contribution in [3.8, 4) is 5.75 Å². The number of aromatic hydroxyl groups is 1. The van der Waals surface area contributed by atoms with Crippen molar-refractivity contribution in [3.63, 3.8) is 0 Å². The van der Waals surface area contributed by atoms with Crippen molar-refractivity contribution in [3.05, 3.63) is 72.3 Å². The van der Waals surface area contributed by atoms with E-state index >= 15 is 0 Å². The molecular weight excluding hydrogens is 459 g/mol. The molecule has 2 aliphatic rings. The molecule has 36 heavy (non-hydrogen) atoms. The summed E-state index contributed by atoms with van der Waals surface area (Å²) in [4.78, 5) is 5.24. The molecule has 3 aromatic carbocycles. The summed E-state index contributed by atoms with van der Waals surface area (Å²) in [6.45, 7) is 11.0. The number of benzene rings is 3. The number of phenols is 1. The lowest BCUT2D eigenvalue weighted by atomic mass is 9.86. The molecule has 1 N–H and O–H groups in total. The summed E-state index contributed by atoms with van der Waals surface area (Å²) in [5, 5.41) is 15.6. The summed E-state index contributed by atoms with van der Waals surface area (Å²) in [5.74, 6) is 0.470. The van der Waals surface area contributed by atoms with Crippen LogP contribution < -0.4 is 25.7 Å². The molecule has 2 fully saturated rings. The fourth-order valence-electron chi connectivity index (χ4n) is 5.81. The van der Waals surface area contributed by atoms with Gasteiger partial charge in [0.2, 0.25) is 0 Å². The molecule has 3 nitrogen and oxygen atoms in total. The standard InChI is InChI=1S/C32H41N2OP/c1-32(2,3)26-17-13-20-29(30(26)35)36(25-15-7-4-8-16-25)31-27(33-21-9-5-10-22-33)18-14-19-28(31)34-23-11-6-12-24-34/h4,7-8,13-20,35H,5-6,9-12,21-24H2,1-3H3. The van der Waals surface area contributed by atoms with Gasteiger partial charge in [0.15, 0.2) is 0 Å². The van der Waals surface area contributed by atoms with Gasteiger partial charge in [-0.2, -0.15) is 0 Å². The lowest BCUT2D eigenvalue weighted by molar-refractivity contribution is 0.451.